The van der Waals surface area contributed by atoms with Gasteiger partial charge in [-0.05, 0) is 18.9 Å². The molecule has 1 aromatic carbocycles. The zero-order valence-corrected chi connectivity index (χ0v) is 14.3. The Labute approximate surface area is 140 Å². The molecule has 2 aromatic rings. The lowest BCUT2D eigenvalue weighted by Gasteiger charge is -2.16. The van der Waals surface area contributed by atoms with Crippen molar-refractivity contribution in [1.82, 2.24) is 10.5 Å². The summed E-state index contributed by atoms with van der Waals surface area (Å²) < 4.78 is 5.17. The lowest BCUT2D eigenvalue weighted by molar-refractivity contribution is -0.384. The molecule has 0 saturated carbocycles. The quantitative estimate of drug-likeness (QED) is 0.670. The number of non-ortho nitro benzene ring substituents is 1. The summed E-state index contributed by atoms with van der Waals surface area (Å²) in [4.78, 5) is 22.6. The Balaban J connectivity index is 1.99. The second kappa shape index (κ2) is 6.82. The lowest BCUT2D eigenvalue weighted by Crippen LogP contribution is -2.29. The fraction of sp³-hybridized carbons (Fsp3) is 0.412. The van der Waals surface area contributed by atoms with Crippen LogP contribution in [0.4, 0.5) is 5.69 Å². The highest BCUT2D eigenvalue weighted by Gasteiger charge is 2.28. The monoisotopic (exact) mass is 331 g/mol. The molecule has 1 N–H and O–H groups in total. The van der Waals surface area contributed by atoms with E-state index in [0.29, 0.717) is 30.0 Å². The molecule has 128 valence electrons. The summed E-state index contributed by atoms with van der Waals surface area (Å²) in [6.45, 7) is 8.05. The van der Waals surface area contributed by atoms with E-state index in [1.165, 1.54) is 12.1 Å². The number of aromatic nitrogens is 1. The molecular formula is C17H21N3O4. The molecule has 0 bridgehead atoms. The maximum atomic E-state index is 12.4. The Bertz CT molecular complexity index is 742. The Morgan fingerprint density at radius 1 is 1.29 bits per heavy atom. The van der Waals surface area contributed by atoms with Crippen LogP contribution in [0.15, 0.2) is 28.8 Å². The van der Waals surface area contributed by atoms with Gasteiger partial charge in [-0.25, -0.2) is 0 Å². The molecule has 1 aromatic heterocycles. The molecule has 2 rings (SSSR count). The fourth-order valence-corrected chi connectivity index (χ4v) is 2.34. The van der Waals surface area contributed by atoms with E-state index >= 15 is 0 Å². The molecule has 0 spiro atoms. The fourth-order valence-electron chi connectivity index (χ4n) is 2.34. The van der Waals surface area contributed by atoms with Crippen molar-refractivity contribution < 1.29 is 14.2 Å². The number of hydrogen-bond donors (Lipinski definition) is 1. The van der Waals surface area contributed by atoms with Gasteiger partial charge in [-0.3, -0.25) is 14.9 Å². The molecule has 1 heterocycles. The molecule has 0 radical (unpaired) electrons. The smallest absolute Gasteiger partial charge is 0.269 e. The van der Waals surface area contributed by atoms with Crippen molar-refractivity contribution in [1.29, 1.82) is 0 Å². The van der Waals surface area contributed by atoms with Crippen molar-refractivity contribution in [3.63, 3.8) is 0 Å². The molecule has 0 aliphatic carbocycles. The number of carbonyl (C=O) groups is 1. The minimum Gasteiger partial charge on any atom is -0.361 e. The number of carbonyl (C=O) groups excluding carboxylic acids is 1. The number of nitrogens with one attached hydrogen (secondary N) is 1. The highest BCUT2D eigenvalue weighted by Crippen LogP contribution is 2.26. The van der Waals surface area contributed by atoms with E-state index in [4.69, 9.17) is 4.52 Å². The van der Waals surface area contributed by atoms with Gasteiger partial charge in [0.1, 0.15) is 17.0 Å². The van der Waals surface area contributed by atoms with Crippen LogP contribution in [0.2, 0.25) is 0 Å². The van der Waals surface area contributed by atoms with Gasteiger partial charge in [0, 0.05) is 24.1 Å². The summed E-state index contributed by atoms with van der Waals surface area (Å²) in [6, 6.07) is 6.29. The number of amides is 1. The summed E-state index contributed by atoms with van der Waals surface area (Å²) in [5.41, 5.74) is 1.79. The number of nitrogens with zero attached hydrogens (tertiary/aromatic N) is 2. The summed E-state index contributed by atoms with van der Waals surface area (Å²) in [5.74, 6) is 0.272. The lowest BCUT2D eigenvalue weighted by atomic mass is 9.88. The second-order valence-corrected chi connectivity index (χ2v) is 6.64. The van der Waals surface area contributed by atoms with Gasteiger partial charge in [-0.2, -0.15) is 0 Å². The predicted octanol–water partition coefficient (Wildman–Crippen LogP) is 3.16. The first kappa shape index (κ1) is 17.7. The van der Waals surface area contributed by atoms with Crippen molar-refractivity contribution in [3.8, 4) is 0 Å². The van der Waals surface area contributed by atoms with Gasteiger partial charge < -0.3 is 9.84 Å². The zero-order chi connectivity index (χ0) is 17.9. The molecular weight excluding hydrogens is 310 g/mol. The van der Waals surface area contributed by atoms with Gasteiger partial charge in [-0.15, -0.1) is 0 Å². The molecule has 0 aliphatic heterocycles. The van der Waals surface area contributed by atoms with Gasteiger partial charge in [0.15, 0.2) is 0 Å². The first-order chi connectivity index (χ1) is 11.2. The minimum atomic E-state index is -0.436. The molecule has 0 unspecified atom stereocenters. The number of rotatable bonds is 5. The average molecular weight is 331 g/mol. The van der Waals surface area contributed by atoms with Crippen LogP contribution in [0.1, 0.15) is 48.1 Å². The third-order valence-electron chi connectivity index (χ3n) is 3.65. The highest BCUT2D eigenvalue weighted by molar-refractivity contribution is 5.96. The van der Waals surface area contributed by atoms with Crippen molar-refractivity contribution in [3.05, 3.63) is 57.0 Å². The highest BCUT2D eigenvalue weighted by atomic mass is 16.6. The normalized spacial score (nSPS) is 11.3. The van der Waals surface area contributed by atoms with Gasteiger partial charge in [0.25, 0.3) is 11.6 Å². The van der Waals surface area contributed by atoms with Crippen LogP contribution in [0.3, 0.4) is 0 Å². The first-order valence-corrected chi connectivity index (χ1v) is 7.68. The zero-order valence-electron chi connectivity index (χ0n) is 14.3. The maximum absolute atomic E-state index is 12.4. The Morgan fingerprint density at radius 2 is 1.92 bits per heavy atom. The largest absolute Gasteiger partial charge is 0.361 e. The molecule has 0 saturated heterocycles. The number of hydrogen-bond acceptors (Lipinski definition) is 5. The first-order valence-electron chi connectivity index (χ1n) is 7.68. The second-order valence-electron chi connectivity index (χ2n) is 6.64. The number of nitro benzene ring substituents is 1. The molecule has 7 heteroatoms. The van der Waals surface area contributed by atoms with Crippen molar-refractivity contribution in [2.45, 2.75) is 39.5 Å². The van der Waals surface area contributed by atoms with Crippen LogP contribution in [-0.2, 0) is 11.8 Å². The van der Waals surface area contributed by atoms with Crippen LogP contribution >= 0.6 is 0 Å². The van der Waals surface area contributed by atoms with Crippen LogP contribution < -0.4 is 5.32 Å². The van der Waals surface area contributed by atoms with Crippen LogP contribution in [0.5, 0.6) is 0 Å². The van der Waals surface area contributed by atoms with E-state index in [-0.39, 0.29) is 17.0 Å². The average Bonchev–Trinajstić information content (AvgIpc) is 2.89. The Kier molecular flexibility index (Phi) is 5.02. The molecule has 1 amide bonds. The summed E-state index contributed by atoms with van der Waals surface area (Å²) in [6.07, 6.45) is 0.582. The van der Waals surface area contributed by atoms with Crippen molar-refractivity contribution in [2.75, 3.05) is 6.54 Å². The SMILES string of the molecule is Cc1onc(C(C)(C)C)c1C(=O)NCCc1ccc([N+](=O)[O-])cc1. The number of nitro groups is 1. The van der Waals surface area contributed by atoms with E-state index < -0.39 is 4.92 Å². The molecule has 7 nitrogen and oxygen atoms in total. The standard InChI is InChI=1S/C17H21N3O4/c1-11-14(15(19-24-11)17(2,3)4)16(21)18-10-9-12-5-7-13(8-6-12)20(22)23/h5-8H,9-10H2,1-4H3,(H,18,21). The van der Waals surface area contributed by atoms with Gasteiger partial charge >= 0.3 is 0 Å². The van der Waals surface area contributed by atoms with E-state index in [1.807, 2.05) is 20.8 Å². The summed E-state index contributed by atoms with van der Waals surface area (Å²) in [5, 5.41) is 17.5. The Morgan fingerprint density at radius 3 is 2.46 bits per heavy atom. The molecule has 0 aliphatic rings. The Hall–Kier alpha value is -2.70. The number of aryl methyl sites for hydroxylation is 1. The number of benzene rings is 1. The van der Waals surface area contributed by atoms with E-state index in [1.54, 1.807) is 19.1 Å². The third-order valence-corrected chi connectivity index (χ3v) is 3.65. The van der Waals surface area contributed by atoms with Crippen molar-refractivity contribution >= 4 is 11.6 Å². The molecule has 0 atom stereocenters. The van der Waals surface area contributed by atoms with Crippen LogP contribution in [0, 0.1) is 17.0 Å². The van der Waals surface area contributed by atoms with Crippen LogP contribution in [-0.4, -0.2) is 22.5 Å². The summed E-state index contributed by atoms with van der Waals surface area (Å²) in [7, 11) is 0. The van der Waals surface area contributed by atoms with E-state index in [9.17, 15) is 14.9 Å². The van der Waals surface area contributed by atoms with Crippen LogP contribution in [0.25, 0.3) is 0 Å². The summed E-state index contributed by atoms with van der Waals surface area (Å²) >= 11 is 0. The van der Waals surface area contributed by atoms with Gasteiger partial charge in [0.2, 0.25) is 0 Å². The molecule has 24 heavy (non-hydrogen) atoms. The van der Waals surface area contributed by atoms with E-state index in [2.05, 4.69) is 10.5 Å². The van der Waals surface area contributed by atoms with Crippen molar-refractivity contribution in [2.24, 2.45) is 0 Å². The maximum Gasteiger partial charge on any atom is 0.269 e. The van der Waals surface area contributed by atoms with Gasteiger partial charge in [0.05, 0.1) is 4.92 Å². The third kappa shape index (κ3) is 3.98. The van der Waals surface area contributed by atoms with Gasteiger partial charge in [-0.1, -0.05) is 38.1 Å². The topological polar surface area (TPSA) is 98.3 Å². The predicted molar refractivity (Wildman–Crippen MR) is 89.1 cm³/mol. The van der Waals surface area contributed by atoms with E-state index in [0.717, 1.165) is 5.56 Å². The minimum absolute atomic E-state index is 0.0534. The molecule has 0 fully saturated rings.